The second-order valence-electron chi connectivity index (χ2n) is 5.85. The third kappa shape index (κ3) is 4.46. The molecule has 0 radical (unpaired) electrons. The van der Waals surface area contributed by atoms with E-state index in [9.17, 15) is 10.1 Å². The van der Waals surface area contributed by atoms with Crippen molar-refractivity contribution < 1.29 is 9.53 Å². The summed E-state index contributed by atoms with van der Waals surface area (Å²) in [5.41, 5.74) is 2.28. The highest BCUT2D eigenvalue weighted by Crippen LogP contribution is 2.26. The highest BCUT2D eigenvalue weighted by Gasteiger charge is 2.20. The average molecular weight is 315 g/mol. The van der Waals surface area contributed by atoms with Crippen molar-refractivity contribution in [2.75, 3.05) is 37.7 Å². The van der Waals surface area contributed by atoms with Crippen molar-refractivity contribution in [3.8, 4) is 6.07 Å². The fourth-order valence-electron chi connectivity index (χ4n) is 2.67. The molecule has 1 aliphatic heterocycles. The SMILES string of the molecule is CCCCOC(=O)c1cc(N2CCNCC2)ccc1C(C)C#N. The van der Waals surface area contributed by atoms with Gasteiger partial charge in [-0.05, 0) is 31.0 Å². The highest BCUT2D eigenvalue weighted by molar-refractivity contribution is 5.92. The zero-order valence-corrected chi connectivity index (χ0v) is 14.0. The zero-order valence-electron chi connectivity index (χ0n) is 14.0. The first-order valence-corrected chi connectivity index (χ1v) is 8.33. The third-order valence-electron chi connectivity index (χ3n) is 4.13. The molecule has 1 aromatic rings. The monoisotopic (exact) mass is 315 g/mol. The molecule has 1 saturated heterocycles. The smallest absolute Gasteiger partial charge is 0.338 e. The molecule has 2 rings (SSSR count). The number of esters is 1. The number of ether oxygens (including phenoxy) is 1. The molecular formula is C18H25N3O2. The van der Waals surface area contributed by atoms with Crippen LogP contribution in [0.5, 0.6) is 0 Å². The van der Waals surface area contributed by atoms with E-state index < -0.39 is 0 Å². The number of hydrogen-bond acceptors (Lipinski definition) is 5. The molecule has 0 bridgehead atoms. The fraction of sp³-hybridized carbons (Fsp3) is 0.556. The van der Waals surface area contributed by atoms with Crippen molar-refractivity contribution in [1.29, 1.82) is 5.26 Å². The van der Waals surface area contributed by atoms with Gasteiger partial charge in [-0.2, -0.15) is 5.26 Å². The fourth-order valence-corrected chi connectivity index (χ4v) is 2.67. The molecular weight excluding hydrogens is 290 g/mol. The maximum absolute atomic E-state index is 12.4. The maximum atomic E-state index is 12.4. The number of piperazine rings is 1. The van der Waals surface area contributed by atoms with E-state index in [2.05, 4.69) is 23.2 Å². The summed E-state index contributed by atoms with van der Waals surface area (Å²) in [6.07, 6.45) is 1.84. The standard InChI is InChI=1S/C18H25N3O2/c1-3-4-11-23-18(22)17-12-15(21-9-7-20-8-10-21)5-6-16(17)14(2)13-19/h5-6,12,14,20H,3-4,7-11H2,1-2H3. The number of unbranched alkanes of at least 4 members (excludes halogenated alkanes) is 1. The van der Waals surface area contributed by atoms with Crippen molar-refractivity contribution in [2.45, 2.75) is 32.6 Å². The van der Waals surface area contributed by atoms with E-state index in [4.69, 9.17) is 4.74 Å². The predicted octanol–water partition coefficient (Wildman–Crippen LogP) is 2.68. The highest BCUT2D eigenvalue weighted by atomic mass is 16.5. The Labute approximate surface area is 138 Å². The Morgan fingerprint density at radius 2 is 2.17 bits per heavy atom. The molecule has 1 aliphatic rings. The number of benzene rings is 1. The summed E-state index contributed by atoms with van der Waals surface area (Å²) in [5.74, 6) is -0.659. The van der Waals surface area contributed by atoms with Crippen LogP contribution in [0.1, 0.15) is 48.5 Å². The van der Waals surface area contributed by atoms with Gasteiger partial charge in [-0.25, -0.2) is 4.79 Å². The van der Waals surface area contributed by atoms with Crippen LogP contribution < -0.4 is 10.2 Å². The molecule has 1 aromatic carbocycles. The number of carbonyl (C=O) groups excluding carboxylic acids is 1. The van der Waals surface area contributed by atoms with Gasteiger partial charge in [0.15, 0.2) is 0 Å². The number of carbonyl (C=O) groups is 1. The Morgan fingerprint density at radius 1 is 1.43 bits per heavy atom. The van der Waals surface area contributed by atoms with E-state index in [-0.39, 0.29) is 11.9 Å². The van der Waals surface area contributed by atoms with Crippen molar-refractivity contribution in [2.24, 2.45) is 0 Å². The van der Waals surface area contributed by atoms with Gasteiger partial charge < -0.3 is 15.0 Å². The molecule has 124 valence electrons. The Hall–Kier alpha value is -2.06. The number of nitrogens with one attached hydrogen (secondary N) is 1. The van der Waals surface area contributed by atoms with E-state index in [0.29, 0.717) is 12.2 Å². The van der Waals surface area contributed by atoms with Crippen LogP contribution in [0.2, 0.25) is 0 Å². The van der Waals surface area contributed by atoms with Gasteiger partial charge in [0.1, 0.15) is 0 Å². The second kappa shape index (κ2) is 8.54. The van der Waals surface area contributed by atoms with Crippen molar-refractivity contribution in [3.05, 3.63) is 29.3 Å². The number of nitrogens with zero attached hydrogens (tertiary/aromatic N) is 2. The van der Waals surface area contributed by atoms with Crippen LogP contribution in [0.4, 0.5) is 5.69 Å². The first-order chi connectivity index (χ1) is 11.2. The van der Waals surface area contributed by atoms with Gasteiger partial charge in [-0.3, -0.25) is 0 Å². The van der Waals surface area contributed by atoms with Crippen molar-refractivity contribution in [3.63, 3.8) is 0 Å². The largest absolute Gasteiger partial charge is 0.462 e. The number of anilines is 1. The van der Waals surface area contributed by atoms with Crippen molar-refractivity contribution in [1.82, 2.24) is 5.32 Å². The van der Waals surface area contributed by atoms with Gasteiger partial charge in [0.05, 0.1) is 24.2 Å². The second-order valence-corrected chi connectivity index (χ2v) is 5.85. The summed E-state index contributed by atoms with van der Waals surface area (Å²) in [6, 6.07) is 7.98. The number of hydrogen-bond donors (Lipinski definition) is 1. The minimum atomic E-state index is -0.333. The van der Waals surface area contributed by atoms with Crippen LogP contribution in [0.15, 0.2) is 18.2 Å². The Morgan fingerprint density at radius 3 is 2.83 bits per heavy atom. The lowest BCUT2D eigenvalue weighted by Gasteiger charge is -2.30. The first-order valence-electron chi connectivity index (χ1n) is 8.33. The molecule has 0 spiro atoms. The molecule has 5 nitrogen and oxygen atoms in total. The molecule has 23 heavy (non-hydrogen) atoms. The summed E-state index contributed by atoms with van der Waals surface area (Å²) in [7, 11) is 0. The molecule has 1 heterocycles. The summed E-state index contributed by atoms with van der Waals surface area (Å²) in [6.45, 7) is 7.99. The van der Waals surface area contributed by atoms with E-state index in [1.54, 1.807) is 0 Å². The molecule has 0 aromatic heterocycles. The summed E-state index contributed by atoms with van der Waals surface area (Å²) < 4.78 is 5.37. The quantitative estimate of drug-likeness (QED) is 0.646. The van der Waals surface area contributed by atoms with Crippen LogP contribution in [-0.2, 0) is 4.74 Å². The van der Waals surface area contributed by atoms with Crippen LogP contribution in [-0.4, -0.2) is 38.8 Å². The zero-order chi connectivity index (χ0) is 16.7. The molecule has 0 amide bonds. The van der Waals surface area contributed by atoms with E-state index >= 15 is 0 Å². The predicted molar refractivity (Wildman–Crippen MR) is 90.7 cm³/mol. The molecule has 1 fully saturated rings. The van der Waals surface area contributed by atoms with Gasteiger partial charge in [-0.1, -0.05) is 19.4 Å². The minimum absolute atomic E-state index is 0.326. The minimum Gasteiger partial charge on any atom is -0.462 e. The van der Waals surface area contributed by atoms with Crippen molar-refractivity contribution >= 4 is 11.7 Å². The van der Waals surface area contributed by atoms with Gasteiger partial charge in [0, 0.05) is 31.9 Å². The summed E-state index contributed by atoms with van der Waals surface area (Å²) >= 11 is 0. The third-order valence-corrected chi connectivity index (χ3v) is 4.13. The molecule has 0 aliphatic carbocycles. The Balaban J connectivity index is 2.26. The lowest BCUT2D eigenvalue weighted by Crippen LogP contribution is -2.43. The van der Waals surface area contributed by atoms with Crippen LogP contribution in [0.3, 0.4) is 0 Å². The van der Waals surface area contributed by atoms with E-state index in [0.717, 1.165) is 50.3 Å². The Kier molecular flexibility index (Phi) is 6.42. The summed E-state index contributed by atoms with van der Waals surface area (Å²) in [4.78, 5) is 14.7. The molecule has 0 saturated carbocycles. The Bertz CT molecular complexity index is 574. The molecule has 5 heteroatoms. The van der Waals surface area contributed by atoms with Crippen LogP contribution in [0.25, 0.3) is 0 Å². The van der Waals surface area contributed by atoms with Gasteiger partial charge in [0.2, 0.25) is 0 Å². The summed E-state index contributed by atoms with van der Waals surface area (Å²) in [5, 5.41) is 12.5. The molecule has 1 unspecified atom stereocenters. The number of nitriles is 1. The lowest BCUT2D eigenvalue weighted by molar-refractivity contribution is 0.0498. The van der Waals surface area contributed by atoms with Gasteiger partial charge >= 0.3 is 5.97 Å². The molecule has 1 atom stereocenters. The van der Waals surface area contributed by atoms with E-state index in [1.807, 2.05) is 25.1 Å². The topological polar surface area (TPSA) is 65.4 Å². The first kappa shape index (κ1) is 17.3. The van der Waals surface area contributed by atoms with Gasteiger partial charge in [0.25, 0.3) is 0 Å². The van der Waals surface area contributed by atoms with E-state index in [1.165, 1.54) is 0 Å². The molecule has 1 N–H and O–H groups in total. The van der Waals surface area contributed by atoms with Crippen LogP contribution >= 0.6 is 0 Å². The normalized spacial score (nSPS) is 15.8. The number of rotatable bonds is 6. The lowest BCUT2D eigenvalue weighted by atomic mass is 9.96. The van der Waals surface area contributed by atoms with Gasteiger partial charge in [-0.15, -0.1) is 0 Å². The van der Waals surface area contributed by atoms with Crippen LogP contribution in [0, 0.1) is 11.3 Å². The maximum Gasteiger partial charge on any atom is 0.338 e. The average Bonchev–Trinajstić information content (AvgIpc) is 2.61.